The van der Waals surface area contributed by atoms with Crippen LogP contribution in [0.3, 0.4) is 0 Å². The highest BCUT2D eigenvalue weighted by Gasteiger charge is 2.22. The van der Waals surface area contributed by atoms with Gasteiger partial charge in [-0.1, -0.05) is 12.1 Å². The highest BCUT2D eigenvalue weighted by Crippen LogP contribution is 2.23. The highest BCUT2D eigenvalue weighted by molar-refractivity contribution is 14.0. The van der Waals surface area contributed by atoms with Crippen molar-refractivity contribution in [2.24, 2.45) is 16.6 Å². The highest BCUT2D eigenvalue weighted by atomic mass is 127. The number of piperidine rings is 1. The van der Waals surface area contributed by atoms with Gasteiger partial charge < -0.3 is 30.7 Å². The third kappa shape index (κ3) is 9.29. The third-order valence-electron chi connectivity index (χ3n) is 6.26. The van der Waals surface area contributed by atoms with Crippen molar-refractivity contribution in [1.29, 1.82) is 0 Å². The number of carbonyl (C=O) groups excluding carboxylic acids is 1. The molecular formula is C24H40IN5O3. The third-order valence-corrected chi connectivity index (χ3v) is 6.26. The van der Waals surface area contributed by atoms with Gasteiger partial charge in [0.25, 0.3) is 0 Å². The van der Waals surface area contributed by atoms with Crippen LogP contribution in [0.15, 0.2) is 23.2 Å². The van der Waals surface area contributed by atoms with Crippen molar-refractivity contribution in [3.05, 3.63) is 29.3 Å². The number of unbranched alkanes of at least 4 members (excludes halogenated alkanes) is 1. The Labute approximate surface area is 215 Å². The minimum Gasteiger partial charge on any atom is -0.488 e. The maximum Gasteiger partial charge on any atom is 0.220 e. The lowest BCUT2D eigenvalue weighted by Gasteiger charge is -2.30. The van der Waals surface area contributed by atoms with E-state index < -0.39 is 0 Å². The van der Waals surface area contributed by atoms with Crippen LogP contribution in [0.4, 0.5) is 0 Å². The number of rotatable bonds is 10. The number of likely N-dealkylation sites (tertiary alicyclic amines) is 1. The van der Waals surface area contributed by atoms with E-state index in [1.165, 1.54) is 5.56 Å². The van der Waals surface area contributed by atoms with Crippen molar-refractivity contribution in [2.75, 3.05) is 46.4 Å². The van der Waals surface area contributed by atoms with Gasteiger partial charge in [-0.25, -0.2) is 0 Å². The summed E-state index contributed by atoms with van der Waals surface area (Å²) < 4.78 is 11.6. The topological polar surface area (TPSA) is 101 Å². The van der Waals surface area contributed by atoms with Gasteiger partial charge in [0.05, 0.1) is 13.2 Å². The lowest BCUT2D eigenvalue weighted by Crippen LogP contribution is -2.39. The van der Waals surface area contributed by atoms with Crippen LogP contribution in [-0.2, 0) is 16.1 Å². The summed E-state index contributed by atoms with van der Waals surface area (Å²) in [5.41, 5.74) is 7.71. The molecule has 0 aromatic heterocycles. The summed E-state index contributed by atoms with van der Waals surface area (Å²) in [6.45, 7) is 8.03. The van der Waals surface area contributed by atoms with Gasteiger partial charge in [0, 0.05) is 38.0 Å². The second-order valence-corrected chi connectivity index (χ2v) is 8.79. The van der Waals surface area contributed by atoms with Crippen molar-refractivity contribution in [2.45, 2.75) is 51.7 Å². The van der Waals surface area contributed by atoms with Crippen molar-refractivity contribution in [1.82, 2.24) is 15.5 Å². The molecule has 186 valence electrons. The average molecular weight is 574 g/mol. The summed E-state index contributed by atoms with van der Waals surface area (Å²) in [6.07, 6.45) is 5.04. The van der Waals surface area contributed by atoms with E-state index in [4.69, 9.17) is 15.2 Å². The molecule has 2 saturated heterocycles. The second-order valence-electron chi connectivity index (χ2n) is 8.79. The van der Waals surface area contributed by atoms with Crippen LogP contribution in [0.25, 0.3) is 0 Å². The number of aliphatic imine (C=N–C) groups is 1. The van der Waals surface area contributed by atoms with Gasteiger partial charge in [-0.15, -0.1) is 24.0 Å². The van der Waals surface area contributed by atoms with E-state index in [-0.39, 0.29) is 41.9 Å². The Kier molecular flexibility index (Phi) is 12.3. The zero-order valence-electron chi connectivity index (χ0n) is 20.0. The number of nitrogens with zero attached hydrogens (tertiary/aromatic N) is 2. The number of ether oxygens (including phenoxy) is 2. The molecule has 1 amide bonds. The standard InChI is InChI=1S/C24H39N5O3.HI/c1-18-5-6-20(22(15-18)32-21-9-14-31-17-21)16-28-24(26-2)27-10-3-4-11-29-12-7-19(8-13-29)23(25)30;/h5-6,15,19,21H,3-4,7-14,16-17H2,1-2H3,(H2,25,30)(H2,26,27,28);1H. The Hall–Kier alpha value is -1.59. The molecular weight excluding hydrogens is 533 g/mol. The maximum atomic E-state index is 11.3. The van der Waals surface area contributed by atoms with E-state index in [0.29, 0.717) is 13.2 Å². The number of guanidine groups is 1. The molecule has 0 saturated carbocycles. The summed E-state index contributed by atoms with van der Waals surface area (Å²) in [5.74, 6) is 1.63. The molecule has 4 N–H and O–H groups in total. The molecule has 3 rings (SSSR count). The molecule has 33 heavy (non-hydrogen) atoms. The van der Waals surface area contributed by atoms with E-state index in [1.807, 2.05) is 0 Å². The fourth-order valence-electron chi connectivity index (χ4n) is 4.21. The van der Waals surface area contributed by atoms with Crippen LogP contribution >= 0.6 is 24.0 Å². The lowest BCUT2D eigenvalue weighted by atomic mass is 9.96. The maximum absolute atomic E-state index is 11.3. The zero-order valence-corrected chi connectivity index (χ0v) is 22.3. The molecule has 2 aliphatic rings. The summed E-state index contributed by atoms with van der Waals surface area (Å²) in [7, 11) is 1.79. The van der Waals surface area contributed by atoms with Crippen LogP contribution in [-0.4, -0.2) is 69.3 Å². The van der Waals surface area contributed by atoms with Gasteiger partial charge in [-0.05, 0) is 63.9 Å². The molecule has 1 aromatic rings. The zero-order chi connectivity index (χ0) is 22.8. The first-order chi connectivity index (χ1) is 15.5. The summed E-state index contributed by atoms with van der Waals surface area (Å²) in [6, 6.07) is 6.32. The van der Waals surface area contributed by atoms with Crippen LogP contribution in [0.1, 0.15) is 43.2 Å². The number of halogens is 1. The van der Waals surface area contributed by atoms with Crippen molar-refractivity contribution < 1.29 is 14.3 Å². The lowest BCUT2D eigenvalue weighted by molar-refractivity contribution is -0.123. The predicted molar refractivity (Wildman–Crippen MR) is 142 cm³/mol. The molecule has 2 aliphatic heterocycles. The molecule has 0 spiro atoms. The molecule has 0 bridgehead atoms. The van der Waals surface area contributed by atoms with Gasteiger partial charge in [0.15, 0.2) is 5.96 Å². The Bertz CT molecular complexity index is 762. The van der Waals surface area contributed by atoms with Gasteiger partial charge in [0.2, 0.25) is 5.91 Å². The summed E-state index contributed by atoms with van der Waals surface area (Å²) in [5, 5.41) is 6.80. The second kappa shape index (κ2) is 14.6. The predicted octanol–water partition coefficient (Wildman–Crippen LogP) is 2.42. The fourth-order valence-corrected chi connectivity index (χ4v) is 4.21. The molecule has 0 aliphatic carbocycles. The molecule has 8 nitrogen and oxygen atoms in total. The number of amides is 1. The molecule has 9 heteroatoms. The number of carbonyl (C=O) groups is 1. The Balaban J connectivity index is 0.00000385. The SMILES string of the molecule is CN=C(NCCCCN1CCC(C(N)=O)CC1)NCc1ccc(C)cc1OC1CCOC1.I. The van der Waals surface area contributed by atoms with E-state index in [0.717, 1.165) is 82.2 Å². The number of nitrogens with two attached hydrogens (primary N) is 1. The monoisotopic (exact) mass is 573 g/mol. The van der Waals surface area contributed by atoms with E-state index in [2.05, 4.69) is 45.6 Å². The minimum absolute atomic E-state index is 0. The number of hydrogen-bond acceptors (Lipinski definition) is 5. The van der Waals surface area contributed by atoms with Crippen LogP contribution in [0.2, 0.25) is 0 Å². The molecule has 1 atom stereocenters. The summed E-state index contributed by atoms with van der Waals surface area (Å²) >= 11 is 0. The van der Waals surface area contributed by atoms with Crippen LogP contribution in [0.5, 0.6) is 5.75 Å². The first-order valence-corrected chi connectivity index (χ1v) is 11.8. The molecule has 1 unspecified atom stereocenters. The Morgan fingerprint density at radius 3 is 2.70 bits per heavy atom. The Morgan fingerprint density at radius 2 is 2.03 bits per heavy atom. The van der Waals surface area contributed by atoms with Gasteiger partial charge in [0.1, 0.15) is 11.9 Å². The number of benzene rings is 1. The number of aryl methyl sites for hydroxylation is 1. The van der Waals surface area contributed by atoms with Gasteiger partial charge in [-0.2, -0.15) is 0 Å². The number of hydrogen-bond donors (Lipinski definition) is 3. The van der Waals surface area contributed by atoms with Gasteiger partial charge >= 0.3 is 0 Å². The summed E-state index contributed by atoms with van der Waals surface area (Å²) in [4.78, 5) is 18.1. The van der Waals surface area contributed by atoms with Crippen molar-refractivity contribution in [3.8, 4) is 5.75 Å². The Morgan fingerprint density at radius 1 is 1.24 bits per heavy atom. The van der Waals surface area contributed by atoms with Crippen LogP contribution < -0.4 is 21.1 Å². The van der Waals surface area contributed by atoms with Crippen LogP contribution in [0, 0.1) is 12.8 Å². The molecule has 0 radical (unpaired) electrons. The van der Waals surface area contributed by atoms with Crippen molar-refractivity contribution in [3.63, 3.8) is 0 Å². The largest absolute Gasteiger partial charge is 0.488 e. The normalized spacial score (nSPS) is 19.7. The number of primary amides is 1. The first-order valence-electron chi connectivity index (χ1n) is 11.8. The van der Waals surface area contributed by atoms with E-state index in [1.54, 1.807) is 7.05 Å². The number of nitrogens with one attached hydrogen (secondary N) is 2. The molecule has 1 aromatic carbocycles. The smallest absolute Gasteiger partial charge is 0.220 e. The fraction of sp³-hybridized carbons (Fsp3) is 0.667. The molecule has 2 fully saturated rings. The quantitative estimate of drug-likeness (QED) is 0.172. The first kappa shape index (κ1) is 27.7. The minimum atomic E-state index is -0.149. The van der Waals surface area contributed by atoms with Gasteiger partial charge in [-0.3, -0.25) is 9.79 Å². The molecule has 2 heterocycles. The van der Waals surface area contributed by atoms with E-state index in [9.17, 15) is 4.79 Å². The van der Waals surface area contributed by atoms with E-state index >= 15 is 0 Å². The average Bonchev–Trinajstić information content (AvgIpc) is 3.30. The van der Waals surface area contributed by atoms with Crippen molar-refractivity contribution >= 4 is 35.8 Å².